The molecule has 1 aliphatic heterocycles. The summed E-state index contributed by atoms with van der Waals surface area (Å²) in [6, 6.07) is 6.99. The van der Waals surface area contributed by atoms with Crippen molar-refractivity contribution in [2.45, 2.75) is 45.2 Å². The minimum absolute atomic E-state index is 0.506. The van der Waals surface area contributed by atoms with Crippen LogP contribution in [0.15, 0.2) is 47.0 Å². The van der Waals surface area contributed by atoms with Crippen LogP contribution in [0.3, 0.4) is 0 Å². The molecular formula is C19H23N3S. The maximum Gasteiger partial charge on any atom is 0.132 e. The molecule has 0 aromatic heterocycles. The molecule has 3 N–H and O–H groups in total. The maximum absolute atomic E-state index is 6.15. The van der Waals surface area contributed by atoms with E-state index >= 15 is 0 Å². The normalized spacial score (nSPS) is 21.1. The highest BCUT2D eigenvalue weighted by Gasteiger charge is 2.17. The Morgan fingerprint density at radius 1 is 1.39 bits per heavy atom. The number of rotatable bonds is 4. The van der Waals surface area contributed by atoms with Gasteiger partial charge in [0.05, 0.1) is 5.69 Å². The van der Waals surface area contributed by atoms with Gasteiger partial charge in [-0.15, -0.1) is 0 Å². The number of nitrogens with two attached hydrogens (primary N) is 1. The van der Waals surface area contributed by atoms with E-state index in [0.29, 0.717) is 11.9 Å². The Balaban J connectivity index is 1.80. The Hall–Kier alpha value is -1.78. The average Bonchev–Trinajstić information content (AvgIpc) is 2.55. The number of aliphatic imine (C=N–C) groups is 1. The summed E-state index contributed by atoms with van der Waals surface area (Å²) >= 11 is 5.36. The number of fused-ring (bicyclic) bond motifs is 1. The molecule has 23 heavy (non-hydrogen) atoms. The molecule has 1 atom stereocenters. The lowest BCUT2D eigenvalue weighted by Gasteiger charge is -2.26. The number of hydrogen-bond acceptors (Lipinski definition) is 3. The Morgan fingerprint density at radius 2 is 2.26 bits per heavy atom. The third-order valence-corrected chi connectivity index (χ3v) is 4.79. The van der Waals surface area contributed by atoms with Crippen LogP contribution in [0.25, 0.3) is 0 Å². The van der Waals surface area contributed by atoms with Gasteiger partial charge in [-0.3, -0.25) is 0 Å². The van der Waals surface area contributed by atoms with Crippen LogP contribution in [0.1, 0.15) is 37.3 Å². The summed E-state index contributed by atoms with van der Waals surface area (Å²) in [7, 11) is 0. The molecule has 1 heterocycles. The summed E-state index contributed by atoms with van der Waals surface area (Å²) in [4.78, 5) is 5.43. The molecule has 3 rings (SSSR count). The number of nitrogens with one attached hydrogen (secondary N) is 1. The predicted octanol–water partition coefficient (Wildman–Crippen LogP) is 3.75. The van der Waals surface area contributed by atoms with Crippen LogP contribution in [-0.2, 0) is 13.0 Å². The first-order valence-corrected chi connectivity index (χ1v) is 8.68. The number of amidine groups is 1. The van der Waals surface area contributed by atoms with E-state index in [4.69, 9.17) is 18.0 Å². The van der Waals surface area contributed by atoms with E-state index in [-0.39, 0.29) is 0 Å². The van der Waals surface area contributed by atoms with Crippen molar-refractivity contribution < 1.29 is 0 Å². The molecule has 4 heteroatoms. The molecule has 0 amide bonds. The topological polar surface area (TPSA) is 50.4 Å². The molecule has 1 aromatic carbocycles. The fourth-order valence-electron chi connectivity index (χ4n) is 3.16. The van der Waals surface area contributed by atoms with Crippen LogP contribution >= 0.6 is 12.2 Å². The molecule has 3 nitrogen and oxygen atoms in total. The van der Waals surface area contributed by atoms with Crippen molar-refractivity contribution in [2.75, 3.05) is 0 Å². The summed E-state index contributed by atoms with van der Waals surface area (Å²) in [6.45, 7) is 3.14. The van der Waals surface area contributed by atoms with Crippen molar-refractivity contribution >= 4 is 28.6 Å². The summed E-state index contributed by atoms with van der Waals surface area (Å²) in [5, 5.41) is 3.61. The Labute approximate surface area is 143 Å². The van der Waals surface area contributed by atoms with Gasteiger partial charge < -0.3 is 11.1 Å². The first-order valence-electron chi connectivity index (χ1n) is 8.27. The largest absolute Gasteiger partial charge is 0.383 e. The summed E-state index contributed by atoms with van der Waals surface area (Å²) in [6.07, 6.45) is 10.3. The van der Waals surface area contributed by atoms with Crippen LogP contribution in [0.2, 0.25) is 0 Å². The number of thiocarbonyl (C=S) groups is 1. The quantitative estimate of drug-likeness (QED) is 0.504. The van der Waals surface area contributed by atoms with E-state index in [9.17, 15) is 0 Å². The molecule has 0 saturated heterocycles. The highest BCUT2D eigenvalue weighted by Crippen LogP contribution is 2.24. The van der Waals surface area contributed by atoms with Gasteiger partial charge >= 0.3 is 0 Å². The summed E-state index contributed by atoms with van der Waals surface area (Å²) in [5.74, 6) is 0.506. The lowest BCUT2D eigenvalue weighted by molar-refractivity contribution is 0.448. The van der Waals surface area contributed by atoms with Crippen molar-refractivity contribution in [3.63, 3.8) is 0 Å². The SMILES string of the molecule is CCCC1Cc2ccc(N=C(N)C3=CC=CCC3=S)cc2CN1. The Kier molecular flexibility index (Phi) is 5.03. The van der Waals surface area contributed by atoms with Crippen LogP contribution in [0, 0.1) is 0 Å². The zero-order chi connectivity index (χ0) is 16.2. The van der Waals surface area contributed by atoms with Gasteiger partial charge in [0.1, 0.15) is 5.84 Å². The number of allylic oxidation sites excluding steroid dienone is 3. The van der Waals surface area contributed by atoms with Gasteiger partial charge in [0, 0.05) is 29.4 Å². The zero-order valence-corrected chi connectivity index (χ0v) is 14.3. The van der Waals surface area contributed by atoms with E-state index in [2.05, 4.69) is 35.4 Å². The summed E-state index contributed by atoms with van der Waals surface area (Å²) < 4.78 is 0. The molecule has 0 spiro atoms. The average molecular weight is 325 g/mol. The van der Waals surface area contributed by atoms with E-state index in [1.54, 1.807) is 0 Å². The van der Waals surface area contributed by atoms with Crippen molar-refractivity contribution in [3.05, 3.63) is 53.1 Å². The fourth-order valence-corrected chi connectivity index (χ4v) is 3.43. The molecule has 1 unspecified atom stereocenters. The standard InChI is InChI=1S/C19H23N3S/c1-2-5-15-10-13-8-9-16(11-14(13)12-21-15)22-19(20)17-6-3-4-7-18(17)23/h3-4,6,8-9,11,15,21H,2,5,7,10,12H2,1H3,(H2,20,22). The fraction of sp³-hybridized carbons (Fsp3) is 0.368. The zero-order valence-electron chi connectivity index (χ0n) is 13.5. The number of benzene rings is 1. The van der Waals surface area contributed by atoms with Gasteiger partial charge in [0.25, 0.3) is 0 Å². The minimum atomic E-state index is 0.506. The van der Waals surface area contributed by atoms with Gasteiger partial charge in [0.2, 0.25) is 0 Å². The van der Waals surface area contributed by atoms with Crippen LogP contribution in [0.5, 0.6) is 0 Å². The van der Waals surface area contributed by atoms with Crippen molar-refractivity contribution in [2.24, 2.45) is 10.7 Å². The van der Waals surface area contributed by atoms with Crippen LogP contribution < -0.4 is 11.1 Å². The van der Waals surface area contributed by atoms with Gasteiger partial charge in [-0.25, -0.2) is 4.99 Å². The Bertz CT molecular complexity index is 701. The van der Waals surface area contributed by atoms with Gasteiger partial charge in [-0.05, 0) is 36.1 Å². The van der Waals surface area contributed by atoms with Crippen LogP contribution in [-0.4, -0.2) is 16.7 Å². The van der Waals surface area contributed by atoms with E-state index in [1.807, 2.05) is 18.2 Å². The lowest BCUT2D eigenvalue weighted by atomic mass is 9.93. The number of nitrogens with zero attached hydrogens (tertiary/aromatic N) is 1. The molecule has 0 fully saturated rings. The minimum Gasteiger partial charge on any atom is -0.383 e. The van der Waals surface area contributed by atoms with Crippen molar-refractivity contribution in [1.29, 1.82) is 0 Å². The molecule has 1 aromatic rings. The molecular weight excluding hydrogens is 302 g/mol. The van der Waals surface area contributed by atoms with Gasteiger partial charge in [-0.2, -0.15) is 0 Å². The lowest BCUT2D eigenvalue weighted by Crippen LogP contribution is -2.35. The van der Waals surface area contributed by atoms with Crippen molar-refractivity contribution in [1.82, 2.24) is 5.32 Å². The van der Waals surface area contributed by atoms with Crippen molar-refractivity contribution in [3.8, 4) is 0 Å². The Morgan fingerprint density at radius 3 is 3.04 bits per heavy atom. The third kappa shape index (κ3) is 3.77. The molecule has 2 aliphatic rings. The monoisotopic (exact) mass is 325 g/mol. The van der Waals surface area contributed by atoms with E-state index in [1.165, 1.54) is 24.0 Å². The van der Waals surface area contributed by atoms with Gasteiger partial charge in [0.15, 0.2) is 0 Å². The second-order valence-corrected chi connectivity index (χ2v) is 6.65. The second-order valence-electron chi connectivity index (χ2n) is 6.16. The molecule has 0 radical (unpaired) electrons. The van der Waals surface area contributed by atoms with Gasteiger partial charge in [-0.1, -0.05) is 49.9 Å². The molecule has 0 saturated carbocycles. The summed E-state index contributed by atoms with van der Waals surface area (Å²) in [5.41, 5.74) is 10.7. The van der Waals surface area contributed by atoms with Crippen LogP contribution in [0.4, 0.5) is 5.69 Å². The first-order chi connectivity index (χ1) is 11.2. The predicted molar refractivity (Wildman–Crippen MR) is 101 cm³/mol. The molecule has 1 aliphatic carbocycles. The maximum atomic E-state index is 6.15. The first kappa shape index (κ1) is 16.1. The highest BCUT2D eigenvalue weighted by atomic mass is 32.1. The second kappa shape index (κ2) is 7.20. The van der Waals surface area contributed by atoms with E-state index in [0.717, 1.165) is 35.5 Å². The smallest absolute Gasteiger partial charge is 0.132 e. The number of hydrogen-bond donors (Lipinski definition) is 2. The highest BCUT2D eigenvalue weighted by molar-refractivity contribution is 7.81. The van der Waals surface area contributed by atoms with E-state index < -0.39 is 0 Å². The third-order valence-electron chi connectivity index (χ3n) is 4.40. The molecule has 0 bridgehead atoms. The molecule has 120 valence electrons.